The molecule has 0 spiro atoms. The van der Waals surface area contributed by atoms with Gasteiger partial charge in [-0.05, 0) is 67.8 Å². The maximum absolute atomic E-state index is 13.5. The summed E-state index contributed by atoms with van der Waals surface area (Å²) in [7, 11) is -1.98. The first-order valence-electron chi connectivity index (χ1n) is 11.6. The maximum Gasteiger partial charge on any atom is 0.244 e. The average Bonchev–Trinajstić information content (AvgIpc) is 3.28. The van der Waals surface area contributed by atoms with E-state index in [1.165, 1.54) is 18.3 Å². The molecule has 0 radical (unpaired) electrons. The maximum atomic E-state index is 13.5. The minimum atomic E-state index is -3.72. The number of halogens is 1. The normalized spacial score (nSPS) is 20.1. The lowest BCUT2D eigenvalue weighted by Gasteiger charge is -2.45. The van der Waals surface area contributed by atoms with Crippen molar-refractivity contribution in [2.45, 2.75) is 24.7 Å². The first-order chi connectivity index (χ1) is 16.9. The van der Waals surface area contributed by atoms with Crippen molar-refractivity contribution in [2.24, 2.45) is 5.41 Å². The number of rotatable bonds is 7. The van der Waals surface area contributed by atoms with Crippen LogP contribution in [0.1, 0.15) is 24.6 Å². The zero-order chi connectivity index (χ0) is 24.6. The molecule has 5 rings (SSSR count). The van der Waals surface area contributed by atoms with Crippen molar-refractivity contribution >= 4 is 21.9 Å². The molecule has 8 nitrogen and oxygen atoms in total. The molecule has 1 saturated heterocycles. The molecule has 1 atom stereocenters. The average molecular weight is 498 g/mol. The Morgan fingerprint density at radius 2 is 1.97 bits per heavy atom. The number of benzene rings is 1. The Balaban J connectivity index is 1.49. The van der Waals surface area contributed by atoms with Gasteiger partial charge in [-0.25, -0.2) is 22.5 Å². The fourth-order valence-electron chi connectivity index (χ4n) is 4.94. The molecule has 2 aliphatic rings. The molecule has 10 heteroatoms. The molecule has 1 unspecified atom stereocenters. The Kier molecular flexibility index (Phi) is 6.20. The van der Waals surface area contributed by atoms with Gasteiger partial charge in [-0.1, -0.05) is 5.57 Å². The van der Waals surface area contributed by atoms with E-state index in [1.54, 1.807) is 35.6 Å². The summed E-state index contributed by atoms with van der Waals surface area (Å²) in [5.74, 6) is 0.312. The highest BCUT2D eigenvalue weighted by molar-refractivity contribution is 7.89. The van der Waals surface area contributed by atoms with Gasteiger partial charge in [0.25, 0.3) is 0 Å². The smallest absolute Gasteiger partial charge is 0.244 e. The van der Waals surface area contributed by atoms with Gasteiger partial charge < -0.3 is 10.1 Å². The largest absolute Gasteiger partial charge is 0.381 e. The standard InChI is InChI=1S/C25H28FN5O3S/c1-3-34-17-25-13-18-14-29-31(21-6-4-20(26)5-7-21)23(18)12-19(25)10-11-30(16-25)35(32,33)22-8-9-24(27-2)28-15-22/h4-9,12,14-15H,3,10-11,13,16-17H2,1-2H3,(H,27,28). The second kappa shape index (κ2) is 9.18. The Labute approximate surface area is 204 Å². The molecular formula is C25H28FN5O3S. The summed E-state index contributed by atoms with van der Waals surface area (Å²) in [6, 6.07) is 9.48. The van der Waals surface area contributed by atoms with Crippen LogP contribution >= 0.6 is 0 Å². The van der Waals surface area contributed by atoms with Crippen LogP contribution in [0.15, 0.2) is 59.3 Å². The third-order valence-corrected chi connectivity index (χ3v) is 8.63. The fraction of sp³-hybridized carbons (Fsp3) is 0.360. The van der Waals surface area contributed by atoms with E-state index in [2.05, 4.69) is 21.5 Å². The van der Waals surface area contributed by atoms with Crippen LogP contribution in [0.2, 0.25) is 0 Å². The molecule has 1 fully saturated rings. The fourth-order valence-corrected chi connectivity index (χ4v) is 6.42. The van der Waals surface area contributed by atoms with E-state index in [0.29, 0.717) is 45.0 Å². The first kappa shape index (κ1) is 23.7. The van der Waals surface area contributed by atoms with Crippen molar-refractivity contribution in [1.29, 1.82) is 0 Å². The molecule has 0 amide bonds. The lowest BCUT2D eigenvalue weighted by atomic mass is 9.69. The quantitative estimate of drug-likeness (QED) is 0.538. The number of ether oxygens (including phenoxy) is 1. The number of piperidine rings is 1. The topological polar surface area (TPSA) is 89.4 Å². The number of nitrogens with one attached hydrogen (secondary N) is 1. The van der Waals surface area contributed by atoms with Gasteiger partial charge in [0.2, 0.25) is 10.0 Å². The van der Waals surface area contributed by atoms with Gasteiger partial charge in [0.15, 0.2) is 0 Å². The van der Waals surface area contributed by atoms with E-state index in [9.17, 15) is 12.8 Å². The highest BCUT2D eigenvalue weighted by Gasteiger charge is 2.46. The Morgan fingerprint density at radius 3 is 2.66 bits per heavy atom. The minimum absolute atomic E-state index is 0.177. The van der Waals surface area contributed by atoms with Crippen molar-refractivity contribution in [3.8, 4) is 5.69 Å². The third kappa shape index (κ3) is 4.26. The molecule has 1 aromatic carbocycles. The van der Waals surface area contributed by atoms with E-state index in [4.69, 9.17) is 4.74 Å². The highest BCUT2D eigenvalue weighted by atomic mass is 32.2. The van der Waals surface area contributed by atoms with E-state index in [1.807, 2.05) is 17.8 Å². The molecule has 1 aliphatic carbocycles. The molecule has 2 aromatic heterocycles. The lowest BCUT2D eigenvalue weighted by molar-refractivity contribution is 0.0477. The molecular weight excluding hydrogens is 469 g/mol. The molecule has 0 saturated carbocycles. The number of fused-ring (bicyclic) bond motifs is 2. The number of hydrogen-bond acceptors (Lipinski definition) is 6. The van der Waals surface area contributed by atoms with Crippen LogP contribution in [0, 0.1) is 11.2 Å². The van der Waals surface area contributed by atoms with E-state index >= 15 is 0 Å². The van der Waals surface area contributed by atoms with Gasteiger partial charge in [-0.3, -0.25) is 0 Å². The number of aromatic nitrogens is 3. The van der Waals surface area contributed by atoms with Gasteiger partial charge in [0, 0.05) is 38.4 Å². The number of hydrogen-bond donors (Lipinski definition) is 1. The SMILES string of the molecule is CCOCC12Cc3cnn(-c4ccc(F)cc4)c3C=C1CCN(S(=O)(=O)c1ccc(NC)nc1)C2. The van der Waals surface area contributed by atoms with E-state index in [0.717, 1.165) is 22.5 Å². The predicted octanol–water partition coefficient (Wildman–Crippen LogP) is 3.51. The first-order valence-corrected chi connectivity index (χ1v) is 13.1. The van der Waals surface area contributed by atoms with Gasteiger partial charge in [-0.2, -0.15) is 9.40 Å². The molecule has 1 N–H and O–H groups in total. The van der Waals surface area contributed by atoms with Crippen molar-refractivity contribution in [3.63, 3.8) is 0 Å². The van der Waals surface area contributed by atoms with Crippen LogP contribution in [0.5, 0.6) is 0 Å². The summed E-state index contributed by atoms with van der Waals surface area (Å²) in [6.45, 7) is 3.58. The molecule has 3 heterocycles. The monoisotopic (exact) mass is 497 g/mol. The summed E-state index contributed by atoms with van der Waals surface area (Å²) in [4.78, 5) is 4.36. The van der Waals surface area contributed by atoms with Crippen LogP contribution in [-0.2, 0) is 21.2 Å². The minimum Gasteiger partial charge on any atom is -0.381 e. The molecule has 1 aliphatic heterocycles. The van der Waals surface area contributed by atoms with E-state index in [-0.39, 0.29) is 10.7 Å². The molecule has 35 heavy (non-hydrogen) atoms. The number of nitrogens with zero attached hydrogens (tertiary/aromatic N) is 4. The molecule has 184 valence electrons. The summed E-state index contributed by atoms with van der Waals surface area (Å²) in [5, 5.41) is 7.47. The van der Waals surface area contributed by atoms with Gasteiger partial charge >= 0.3 is 0 Å². The van der Waals surface area contributed by atoms with Crippen LogP contribution in [0.3, 0.4) is 0 Å². The summed E-state index contributed by atoms with van der Waals surface area (Å²) in [6.07, 6.45) is 6.52. The van der Waals surface area contributed by atoms with Gasteiger partial charge in [0.05, 0.1) is 24.2 Å². The van der Waals surface area contributed by atoms with Gasteiger partial charge in [0.1, 0.15) is 16.5 Å². The van der Waals surface area contributed by atoms with Crippen molar-refractivity contribution in [3.05, 3.63) is 71.4 Å². The van der Waals surface area contributed by atoms with E-state index < -0.39 is 15.4 Å². The lowest BCUT2D eigenvalue weighted by Crippen LogP contribution is -2.51. The second-order valence-electron chi connectivity index (χ2n) is 8.92. The molecule has 3 aromatic rings. The van der Waals surface area contributed by atoms with Crippen molar-refractivity contribution < 1.29 is 17.5 Å². The number of pyridine rings is 1. The summed E-state index contributed by atoms with van der Waals surface area (Å²) in [5.41, 5.74) is 3.40. The van der Waals surface area contributed by atoms with Crippen molar-refractivity contribution in [2.75, 3.05) is 38.7 Å². The Bertz CT molecular complexity index is 1350. The van der Waals surface area contributed by atoms with Crippen LogP contribution in [0.25, 0.3) is 11.8 Å². The highest BCUT2D eigenvalue weighted by Crippen LogP contribution is 2.45. The Hall–Kier alpha value is -3.08. The number of anilines is 1. The summed E-state index contributed by atoms with van der Waals surface area (Å²) < 4.78 is 49.7. The van der Waals surface area contributed by atoms with Crippen LogP contribution in [0.4, 0.5) is 10.2 Å². The molecule has 0 bridgehead atoms. The number of sulfonamides is 1. The zero-order valence-corrected chi connectivity index (χ0v) is 20.6. The zero-order valence-electron chi connectivity index (χ0n) is 19.7. The Morgan fingerprint density at radius 1 is 1.17 bits per heavy atom. The second-order valence-corrected chi connectivity index (χ2v) is 10.9. The third-order valence-electron chi connectivity index (χ3n) is 6.80. The predicted molar refractivity (Wildman–Crippen MR) is 131 cm³/mol. The van der Waals surface area contributed by atoms with Crippen LogP contribution in [-0.4, -0.2) is 60.8 Å². The van der Waals surface area contributed by atoms with Gasteiger partial charge in [-0.15, -0.1) is 0 Å². The van der Waals surface area contributed by atoms with Crippen molar-refractivity contribution in [1.82, 2.24) is 19.1 Å². The summed E-state index contributed by atoms with van der Waals surface area (Å²) >= 11 is 0. The van der Waals surface area contributed by atoms with Crippen LogP contribution < -0.4 is 5.32 Å².